The van der Waals surface area contributed by atoms with E-state index in [1.165, 1.54) is 0 Å². The number of hydrogen-bond donors (Lipinski definition) is 2. The van der Waals surface area contributed by atoms with Crippen molar-refractivity contribution in [3.8, 4) is 0 Å². The third-order valence-electron chi connectivity index (χ3n) is 3.60. The van der Waals surface area contributed by atoms with Crippen molar-refractivity contribution in [2.75, 3.05) is 32.1 Å². The van der Waals surface area contributed by atoms with E-state index >= 15 is 0 Å². The largest absolute Gasteiger partial charge is 0.383 e. The van der Waals surface area contributed by atoms with Crippen LogP contribution in [0.3, 0.4) is 0 Å². The molecule has 0 amide bonds. The second-order valence-electron chi connectivity index (χ2n) is 4.96. The number of aromatic nitrogens is 2. The van der Waals surface area contributed by atoms with E-state index in [4.69, 9.17) is 4.74 Å². The quantitative estimate of drug-likeness (QED) is 0.782. The van der Waals surface area contributed by atoms with E-state index in [1.54, 1.807) is 24.1 Å². The van der Waals surface area contributed by atoms with Gasteiger partial charge in [-0.2, -0.15) is 0 Å². The van der Waals surface area contributed by atoms with Crippen LogP contribution < -0.4 is 16.2 Å². The van der Waals surface area contributed by atoms with Gasteiger partial charge < -0.3 is 19.9 Å². The molecular weight excluding hydrogens is 244 g/mol. The van der Waals surface area contributed by atoms with Crippen LogP contribution >= 0.6 is 0 Å². The monoisotopic (exact) mass is 266 g/mol. The Kier molecular flexibility index (Phi) is 4.55. The Hall–Kier alpha value is -1.40. The number of aryl methyl sites for hydroxylation is 1. The zero-order chi connectivity index (χ0) is 13.7. The molecule has 1 saturated heterocycles. The van der Waals surface area contributed by atoms with Crippen molar-refractivity contribution in [3.05, 3.63) is 22.7 Å². The minimum Gasteiger partial charge on any atom is -0.383 e. The Morgan fingerprint density at radius 2 is 2.47 bits per heavy atom. The topological polar surface area (TPSA) is 68.2 Å². The van der Waals surface area contributed by atoms with Crippen LogP contribution in [0.5, 0.6) is 0 Å². The highest BCUT2D eigenvalue weighted by Gasteiger charge is 2.33. The Morgan fingerprint density at radius 1 is 1.63 bits per heavy atom. The zero-order valence-corrected chi connectivity index (χ0v) is 11.6. The maximum Gasteiger partial charge on any atom is 0.293 e. The van der Waals surface area contributed by atoms with Crippen LogP contribution in [0.25, 0.3) is 0 Å². The predicted molar refractivity (Wildman–Crippen MR) is 74.5 cm³/mol. The van der Waals surface area contributed by atoms with E-state index in [2.05, 4.69) is 15.6 Å². The summed E-state index contributed by atoms with van der Waals surface area (Å²) in [6.45, 7) is 4.87. The normalized spacial score (nSPS) is 22.6. The molecular formula is C13H22N4O2. The van der Waals surface area contributed by atoms with Gasteiger partial charge in [0, 0.05) is 32.6 Å². The second kappa shape index (κ2) is 6.16. The summed E-state index contributed by atoms with van der Waals surface area (Å²) in [5.74, 6) is 0.411. The van der Waals surface area contributed by atoms with Gasteiger partial charge in [0.2, 0.25) is 0 Å². The van der Waals surface area contributed by atoms with Gasteiger partial charge >= 0.3 is 0 Å². The first-order chi connectivity index (χ1) is 9.21. The lowest BCUT2D eigenvalue weighted by atomic mass is 9.99. The summed E-state index contributed by atoms with van der Waals surface area (Å²) in [4.78, 5) is 16.2. The fourth-order valence-corrected chi connectivity index (χ4v) is 2.54. The van der Waals surface area contributed by atoms with E-state index in [9.17, 15) is 4.79 Å². The molecule has 1 atom stereocenters. The lowest BCUT2D eigenvalue weighted by Crippen LogP contribution is -2.50. The van der Waals surface area contributed by atoms with Gasteiger partial charge in [-0.15, -0.1) is 0 Å². The molecule has 1 aromatic rings. The maximum atomic E-state index is 12.1. The van der Waals surface area contributed by atoms with Crippen molar-refractivity contribution in [1.82, 2.24) is 14.9 Å². The average molecular weight is 266 g/mol. The molecule has 2 rings (SSSR count). The molecule has 1 aromatic heterocycles. The fourth-order valence-electron chi connectivity index (χ4n) is 2.54. The minimum absolute atomic E-state index is 0.0736. The van der Waals surface area contributed by atoms with Crippen molar-refractivity contribution in [1.29, 1.82) is 0 Å². The molecule has 0 radical (unpaired) electrons. The van der Waals surface area contributed by atoms with Crippen molar-refractivity contribution in [2.24, 2.45) is 0 Å². The van der Waals surface area contributed by atoms with Gasteiger partial charge in [-0.3, -0.25) is 4.79 Å². The van der Waals surface area contributed by atoms with Gasteiger partial charge in [0.1, 0.15) is 0 Å². The molecule has 6 heteroatoms. The SMILES string of the molecule is CCn1ccnc(NCC2(COC)CCCN2)c1=O. The van der Waals surface area contributed by atoms with Crippen molar-refractivity contribution in [3.63, 3.8) is 0 Å². The van der Waals surface area contributed by atoms with Gasteiger partial charge in [-0.25, -0.2) is 4.98 Å². The molecule has 0 spiro atoms. The lowest BCUT2D eigenvalue weighted by molar-refractivity contribution is 0.127. The summed E-state index contributed by atoms with van der Waals surface area (Å²) in [6, 6.07) is 0. The standard InChI is InChI=1S/C13H22N4O2/c1-3-17-8-7-14-11(12(17)18)15-9-13(10-19-2)5-4-6-16-13/h7-8,16H,3-6,9-10H2,1-2H3,(H,14,15). The maximum absolute atomic E-state index is 12.1. The average Bonchev–Trinajstić information content (AvgIpc) is 2.87. The zero-order valence-electron chi connectivity index (χ0n) is 11.6. The van der Waals surface area contributed by atoms with E-state index < -0.39 is 0 Å². The number of ether oxygens (including phenoxy) is 1. The van der Waals surface area contributed by atoms with Crippen LogP contribution in [0.15, 0.2) is 17.2 Å². The smallest absolute Gasteiger partial charge is 0.293 e. The first-order valence-corrected chi connectivity index (χ1v) is 6.74. The third-order valence-corrected chi connectivity index (χ3v) is 3.60. The highest BCUT2D eigenvalue weighted by Crippen LogP contribution is 2.19. The van der Waals surface area contributed by atoms with Gasteiger partial charge in [0.05, 0.1) is 12.1 Å². The molecule has 106 valence electrons. The van der Waals surface area contributed by atoms with Crippen molar-refractivity contribution >= 4 is 5.82 Å². The van der Waals surface area contributed by atoms with Gasteiger partial charge in [0.25, 0.3) is 5.56 Å². The predicted octanol–water partition coefficient (Wildman–Crippen LogP) is 0.444. The minimum atomic E-state index is -0.0875. The summed E-state index contributed by atoms with van der Waals surface area (Å²) in [6.07, 6.45) is 5.53. The second-order valence-corrected chi connectivity index (χ2v) is 4.96. The Balaban J connectivity index is 2.07. The van der Waals surface area contributed by atoms with Crippen molar-refractivity contribution < 1.29 is 4.74 Å². The summed E-state index contributed by atoms with van der Waals surface area (Å²) >= 11 is 0. The van der Waals surface area contributed by atoms with Crippen LogP contribution in [0.1, 0.15) is 19.8 Å². The van der Waals surface area contributed by atoms with Crippen LogP contribution in [0.4, 0.5) is 5.82 Å². The third kappa shape index (κ3) is 3.13. The number of rotatable bonds is 6. The number of anilines is 1. The molecule has 2 N–H and O–H groups in total. The first-order valence-electron chi connectivity index (χ1n) is 6.74. The van der Waals surface area contributed by atoms with Gasteiger partial charge in [-0.1, -0.05) is 0 Å². The molecule has 6 nitrogen and oxygen atoms in total. The van der Waals surface area contributed by atoms with Crippen LogP contribution in [-0.2, 0) is 11.3 Å². The molecule has 1 fully saturated rings. The number of nitrogens with one attached hydrogen (secondary N) is 2. The molecule has 0 aromatic carbocycles. The molecule has 2 heterocycles. The molecule has 1 unspecified atom stereocenters. The highest BCUT2D eigenvalue weighted by molar-refractivity contribution is 5.32. The molecule has 19 heavy (non-hydrogen) atoms. The Bertz CT molecular complexity index is 466. The molecule has 0 bridgehead atoms. The summed E-state index contributed by atoms with van der Waals surface area (Å²) < 4.78 is 6.93. The fraction of sp³-hybridized carbons (Fsp3) is 0.692. The van der Waals surface area contributed by atoms with E-state index in [1.807, 2.05) is 6.92 Å². The van der Waals surface area contributed by atoms with Crippen molar-refractivity contribution in [2.45, 2.75) is 31.8 Å². The van der Waals surface area contributed by atoms with Gasteiger partial charge in [-0.05, 0) is 26.3 Å². The Morgan fingerprint density at radius 3 is 3.11 bits per heavy atom. The summed E-state index contributed by atoms with van der Waals surface area (Å²) in [7, 11) is 1.70. The van der Waals surface area contributed by atoms with Crippen LogP contribution in [0, 0.1) is 0 Å². The number of methoxy groups -OCH3 is 1. The van der Waals surface area contributed by atoms with E-state index in [0.29, 0.717) is 25.5 Å². The van der Waals surface area contributed by atoms with Crippen LogP contribution in [-0.4, -0.2) is 41.9 Å². The summed E-state index contributed by atoms with van der Waals surface area (Å²) in [5.41, 5.74) is -0.161. The van der Waals surface area contributed by atoms with Crippen LogP contribution in [0.2, 0.25) is 0 Å². The van der Waals surface area contributed by atoms with E-state index in [-0.39, 0.29) is 11.1 Å². The number of hydrogen-bond acceptors (Lipinski definition) is 5. The Labute approximate surface area is 113 Å². The van der Waals surface area contributed by atoms with Gasteiger partial charge in [0.15, 0.2) is 5.82 Å². The lowest BCUT2D eigenvalue weighted by Gasteiger charge is -2.29. The first kappa shape index (κ1) is 14.0. The molecule has 0 saturated carbocycles. The summed E-state index contributed by atoms with van der Waals surface area (Å²) in [5, 5.41) is 6.63. The number of nitrogens with zero attached hydrogens (tertiary/aromatic N) is 2. The molecule has 0 aliphatic carbocycles. The molecule has 1 aliphatic rings. The molecule has 1 aliphatic heterocycles. The highest BCUT2D eigenvalue weighted by atomic mass is 16.5. The van der Waals surface area contributed by atoms with E-state index in [0.717, 1.165) is 19.4 Å².